The molecule has 5 nitrogen and oxygen atoms in total. The Labute approximate surface area is 130 Å². The van der Waals surface area contributed by atoms with Gasteiger partial charge in [0, 0.05) is 10.4 Å². The summed E-state index contributed by atoms with van der Waals surface area (Å²) in [5, 5.41) is 9.12. The minimum absolute atomic E-state index is 0.106. The summed E-state index contributed by atoms with van der Waals surface area (Å²) in [5.41, 5.74) is 3.54. The van der Waals surface area contributed by atoms with E-state index in [4.69, 9.17) is 21.6 Å². The first kappa shape index (κ1) is 15.6. The number of ketones is 1. The van der Waals surface area contributed by atoms with Crippen LogP contribution in [-0.4, -0.2) is 22.2 Å². The number of halogens is 1. The summed E-state index contributed by atoms with van der Waals surface area (Å²) in [6.07, 6.45) is 3.88. The van der Waals surface area contributed by atoms with E-state index in [0.717, 1.165) is 17.7 Å². The fourth-order valence-corrected chi connectivity index (χ4v) is 3.14. The molecule has 1 aromatic carbocycles. The molecule has 110 valence electrons. The van der Waals surface area contributed by atoms with Crippen molar-refractivity contribution in [1.29, 1.82) is 0 Å². The van der Waals surface area contributed by atoms with Gasteiger partial charge < -0.3 is 4.79 Å². The number of nitrogens with one attached hydrogen (secondary N) is 1. The van der Waals surface area contributed by atoms with E-state index in [1.807, 2.05) is 12.3 Å². The fraction of sp³-hybridized carbons (Fsp3) is 0.214. The molecule has 1 aliphatic rings. The number of rotatable bonds is 4. The molecule has 2 N–H and O–H groups in total. The Morgan fingerprint density at radius 2 is 2.10 bits per heavy atom. The highest BCUT2D eigenvalue weighted by Gasteiger charge is 2.30. The molecule has 0 spiro atoms. The van der Waals surface area contributed by atoms with Crippen molar-refractivity contribution in [2.24, 2.45) is 0 Å². The standard InChI is InChI=1S/C13H11ClN2O2S.CH2O/c14-11-5-8(16-18)3-4-9(11)12(17)10-6-15-19-13(10)7-1-2-7;1-2/h3-7,16,18H,1-2H2;1H2. The number of carbonyl (C=O) groups is 2. The van der Waals surface area contributed by atoms with Crippen LogP contribution in [0.15, 0.2) is 24.4 Å². The average Bonchev–Trinajstić information content (AvgIpc) is 3.25. The number of anilines is 1. The zero-order chi connectivity index (χ0) is 15.4. The lowest BCUT2D eigenvalue weighted by Gasteiger charge is -2.06. The molecule has 0 amide bonds. The number of hydrogen-bond acceptors (Lipinski definition) is 6. The summed E-state index contributed by atoms with van der Waals surface area (Å²) in [6.45, 7) is 2.00. The van der Waals surface area contributed by atoms with Gasteiger partial charge in [-0.25, -0.2) is 4.37 Å². The summed E-state index contributed by atoms with van der Waals surface area (Å²) in [7, 11) is 0. The monoisotopic (exact) mass is 324 g/mol. The van der Waals surface area contributed by atoms with Crippen molar-refractivity contribution in [2.45, 2.75) is 18.8 Å². The molecule has 2 aromatic rings. The Morgan fingerprint density at radius 3 is 2.67 bits per heavy atom. The van der Waals surface area contributed by atoms with Crippen LogP contribution in [-0.2, 0) is 4.79 Å². The number of aromatic nitrogens is 1. The van der Waals surface area contributed by atoms with Crippen LogP contribution in [0, 0.1) is 0 Å². The molecule has 21 heavy (non-hydrogen) atoms. The van der Waals surface area contributed by atoms with E-state index in [0.29, 0.717) is 27.8 Å². The van der Waals surface area contributed by atoms with Gasteiger partial charge in [0.15, 0.2) is 5.78 Å². The predicted octanol–water partition coefficient (Wildman–Crippen LogP) is 3.52. The van der Waals surface area contributed by atoms with E-state index in [1.54, 1.807) is 18.3 Å². The Morgan fingerprint density at radius 1 is 1.38 bits per heavy atom. The maximum Gasteiger partial charge on any atom is 0.197 e. The van der Waals surface area contributed by atoms with Gasteiger partial charge in [0.2, 0.25) is 0 Å². The number of carbonyl (C=O) groups excluding carboxylic acids is 2. The Hall–Kier alpha value is -1.76. The summed E-state index contributed by atoms with van der Waals surface area (Å²) >= 11 is 7.47. The number of nitrogens with zero attached hydrogens (tertiary/aromatic N) is 1. The summed E-state index contributed by atoms with van der Waals surface area (Å²) < 4.78 is 4.12. The minimum atomic E-state index is -0.106. The molecule has 1 saturated carbocycles. The Bertz CT molecular complexity index is 655. The molecule has 0 radical (unpaired) electrons. The zero-order valence-corrected chi connectivity index (χ0v) is 12.6. The summed E-state index contributed by atoms with van der Waals surface area (Å²) in [5.74, 6) is 0.383. The molecule has 0 bridgehead atoms. The van der Waals surface area contributed by atoms with Gasteiger partial charge in [0.1, 0.15) is 6.79 Å². The van der Waals surface area contributed by atoms with Gasteiger partial charge in [-0.3, -0.25) is 15.5 Å². The second-order valence-electron chi connectivity index (χ2n) is 4.51. The van der Waals surface area contributed by atoms with Gasteiger partial charge in [-0.05, 0) is 48.5 Å². The largest absolute Gasteiger partial charge is 0.307 e. The van der Waals surface area contributed by atoms with Crippen molar-refractivity contribution in [1.82, 2.24) is 4.37 Å². The maximum absolute atomic E-state index is 12.5. The molecule has 0 atom stereocenters. The molecule has 1 heterocycles. The smallest absolute Gasteiger partial charge is 0.197 e. The van der Waals surface area contributed by atoms with Crippen LogP contribution in [0.1, 0.15) is 39.6 Å². The van der Waals surface area contributed by atoms with Crippen molar-refractivity contribution >= 4 is 41.4 Å². The fourth-order valence-electron chi connectivity index (χ4n) is 1.97. The van der Waals surface area contributed by atoms with Crippen molar-refractivity contribution in [3.8, 4) is 0 Å². The first-order chi connectivity index (χ1) is 10.2. The van der Waals surface area contributed by atoms with Crippen molar-refractivity contribution in [2.75, 3.05) is 5.48 Å². The first-order valence-electron chi connectivity index (χ1n) is 6.18. The highest BCUT2D eigenvalue weighted by molar-refractivity contribution is 7.06. The molecule has 0 unspecified atom stereocenters. The van der Waals surface area contributed by atoms with E-state index in [1.165, 1.54) is 17.6 Å². The third kappa shape index (κ3) is 3.29. The second kappa shape index (κ2) is 6.80. The van der Waals surface area contributed by atoms with Crippen LogP contribution in [0.4, 0.5) is 5.69 Å². The highest BCUT2D eigenvalue weighted by atomic mass is 35.5. The first-order valence-corrected chi connectivity index (χ1v) is 7.33. The Balaban J connectivity index is 0.000000774. The molecular weight excluding hydrogens is 312 g/mol. The molecular formula is C14H13ClN2O3S. The minimum Gasteiger partial charge on any atom is -0.307 e. The van der Waals surface area contributed by atoms with Gasteiger partial charge in [-0.2, -0.15) is 0 Å². The number of hydrogen-bond donors (Lipinski definition) is 2. The van der Waals surface area contributed by atoms with Gasteiger partial charge in [0.25, 0.3) is 0 Å². The van der Waals surface area contributed by atoms with E-state index >= 15 is 0 Å². The lowest BCUT2D eigenvalue weighted by molar-refractivity contribution is -0.0980. The third-order valence-corrected chi connectivity index (χ3v) is 4.41. The average molecular weight is 325 g/mol. The van der Waals surface area contributed by atoms with E-state index in [9.17, 15) is 4.79 Å². The van der Waals surface area contributed by atoms with Crippen LogP contribution >= 0.6 is 23.1 Å². The van der Waals surface area contributed by atoms with E-state index in [-0.39, 0.29) is 5.78 Å². The van der Waals surface area contributed by atoms with Crippen LogP contribution in [0.2, 0.25) is 5.02 Å². The molecule has 7 heteroatoms. The van der Waals surface area contributed by atoms with Gasteiger partial charge in [0.05, 0.1) is 22.5 Å². The lowest BCUT2D eigenvalue weighted by Crippen LogP contribution is -2.04. The second-order valence-corrected chi connectivity index (χ2v) is 5.75. The number of benzene rings is 1. The quantitative estimate of drug-likeness (QED) is 0.664. The topological polar surface area (TPSA) is 79.3 Å². The highest BCUT2D eigenvalue weighted by Crippen LogP contribution is 2.44. The van der Waals surface area contributed by atoms with Crippen molar-refractivity contribution in [3.63, 3.8) is 0 Å². The summed E-state index contributed by atoms with van der Waals surface area (Å²) in [4.78, 5) is 21.5. The lowest BCUT2D eigenvalue weighted by atomic mass is 10.0. The maximum atomic E-state index is 12.5. The molecule has 1 fully saturated rings. The van der Waals surface area contributed by atoms with Crippen molar-refractivity contribution < 1.29 is 14.8 Å². The van der Waals surface area contributed by atoms with Gasteiger partial charge in [-0.1, -0.05) is 11.6 Å². The molecule has 1 aliphatic carbocycles. The van der Waals surface area contributed by atoms with Crippen LogP contribution in [0.5, 0.6) is 0 Å². The molecule has 1 aromatic heterocycles. The zero-order valence-electron chi connectivity index (χ0n) is 11.0. The predicted molar refractivity (Wildman–Crippen MR) is 81.5 cm³/mol. The van der Waals surface area contributed by atoms with E-state index in [2.05, 4.69) is 4.37 Å². The van der Waals surface area contributed by atoms with Crippen molar-refractivity contribution in [3.05, 3.63) is 45.4 Å². The molecule has 3 rings (SSSR count). The van der Waals surface area contributed by atoms with Gasteiger partial charge in [-0.15, -0.1) is 0 Å². The molecule has 0 saturated heterocycles. The SMILES string of the molecule is C=O.O=C(c1ccc(NO)cc1Cl)c1cnsc1C1CC1. The normalized spacial score (nSPS) is 13.2. The Kier molecular flexibility index (Phi) is 5.06. The van der Waals surface area contributed by atoms with Crippen LogP contribution in [0.3, 0.4) is 0 Å². The molecule has 0 aliphatic heterocycles. The van der Waals surface area contributed by atoms with Crippen LogP contribution in [0.25, 0.3) is 0 Å². The third-order valence-electron chi connectivity index (χ3n) is 3.13. The van der Waals surface area contributed by atoms with E-state index < -0.39 is 0 Å². The summed E-state index contributed by atoms with van der Waals surface area (Å²) in [6, 6.07) is 4.73. The van der Waals surface area contributed by atoms with Crippen LogP contribution < -0.4 is 5.48 Å². The van der Waals surface area contributed by atoms with Gasteiger partial charge >= 0.3 is 0 Å².